The van der Waals surface area contributed by atoms with Crippen molar-refractivity contribution in [1.29, 1.82) is 0 Å². The fraction of sp³-hybridized carbons (Fsp3) is 0.353. The zero-order valence-corrected chi connectivity index (χ0v) is 12.0. The molecule has 0 spiro atoms. The van der Waals surface area contributed by atoms with Gasteiger partial charge in [0.2, 0.25) is 0 Å². The van der Waals surface area contributed by atoms with Crippen molar-refractivity contribution in [3.05, 3.63) is 59.3 Å². The van der Waals surface area contributed by atoms with Gasteiger partial charge in [0, 0.05) is 31.4 Å². The molecule has 1 aliphatic rings. The summed E-state index contributed by atoms with van der Waals surface area (Å²) in [7, 11) is 1.98. The molecule has 0 fully saturated rings. The van der Waals surface area contributed by atoms with Crippen molar-refractivity contribution >= 4 is 5.82 Å². The van der Waals surface area contributed by atoms with Gasteiger partial charge in [-0.3, -0.25) is 0 Å². The van der Waals surface area contributed by atoms with Crippen molar-refractivity contribution in [2.45, 2.75) is 25.9 Å². The van der Waals surface area contributed by atoms with E-state index in [1.165, 1.54) is 29.5 Å². The Balaban J connectivity index is 1.91. The van der Waals surface area contributed by atoms with Gasteiger partial charge in [-0.25, -0.2) is 4.98 Å². The second-order valence-corrected chi connectivity index (χ2v) is 5.31. The van der Waals surface area contributed by atoms with Crippen molar-refractivity contribution in [3.8, 4) is 0 Å². The van der Waals surface area contributed by atoms with Gasteiger partial charge in [0.1, 0.15) is 5.82 Å². The summed E-state index contributed by atoms with van der Waals surface area (Å²) in [5, 5.41) is 3.23. The fourth-order valence-electron chi connectivity index (χ4n) is 2.92. The minimum Gasteiger partial charge on any atom is -0.352 e. The SMILES string of the molecule is CNCc1cccnc1N1CCCc2ccccc2C1. The molecule has 3 heteroatoms. The quantitative estimate of drug-likeness (QED) is 0.927. The van der Waals surface area contributed by atoms with Crippen LogP contribution in [0.1, 0.15) is 23.1 Å². The molecule has 3 nitrogen and oxygen atoms in total. The zero-order chi connectivity index (χ0) is 13.8. The van der Waals surface area contributed by atoms with Crippen molar-refractivity contribution in [1.82, 2.24) is 10.3 Å². The molecule has 3 rings (SSSR count). The molecular formula is C17H21N3. The first-order chi connectivity index (χ1) is 9.88. The number of hydrogen-bond donors (Lipinski definition) is 1. The van der Waals surface area contributed by atoms with Crippen LogP contribution in [-0.4, -0.2) is 18.6 Å². The molecule has 0 aliphatic carbocycles. The summed E-state index contributed by atoms with van der Waals surface area (Å²) in [6, 6.07) is 13.0. The highest BCUT2D eigenvalue weighted by molar-refractivity contribution is 5.48. The zero-order valence-electron chi connectivity index (χ0n) is 12.0. The number of benzene rings is 1. The lowest BCUT2D eigenvalue weighted by atomic mass is 10.0. The molecule has 0 saturated heterocycles. The Morgan fingerprint density at radius 3 is 2.85 bits per heavy atom. The van der Waals surface area contributed by atoms with E-state index in [4.69, 9.17) is 0 Å². The van der Waals surface area contributed by atoms with Crippen molar-refractivity contribution in [2.24, 2.45) is 0 Å². The second-order valence-electron chi connectivity index (χ2n) is 5.31. The summed E-state index contributed by atoms with van der Waals surface area (Å²) >= 11 is 0. The molecule has 0 radical (unpaired) electrons. The topological polar surface area (TPSA) is 28.2 Å². The van der Waals surface area contributed by atoms with Crippen molar-refractivity contribution < 1.29 is 0 Å². The highest BCUT2D eigenvalue weighted by Crippen LogP contribution is 2.24. The molecule has 0 atom stereocenters. The van der Waals surface area contributed by atoms with Gasteiger partial charge in [0.15, 0.2) is 0 Å². The van der Waals surface area contributed by atoms with E-state index in [0.29, 0.717) is 0 Å². The molecule has 20 heavy (non-hydrogen) atoms. The number of anilines is 1. The van der Waals surface area contributed by atoms with E-state index in [1.807, 2.05) is 19.3 Å². The lowest BCUT2D eigenvalue weighted by molar-refractivity contribution is 0.736. The van der Waals surface area contributed by atoms with Crippen molar-refractivity contribution in [3.63, 3.8) is 0 Å². The van der Waals surface area contributed by atoms with Gasteiger partial charge >= 0.3 is 0 Å². The van der Waals surface area contributed by atoms with E-state index in [-0.39, 0.29) is 0 Å². The van der Waals surface area contributed by atoms with E-state index in [2.05, 4.69) is 45.5 Å². The number of rotatable bonds is 3. The Hall–Kier alpha value is -1.87. The van der Waals surface area contributed by atoms with E-state index in [0.717, 1.165) is 25.5 Å². The van der Waals surface area contributed by atoms with Crippen LogP contribution >= 0.6 is 0 Å². The van der Waals surface area contributed by atoms with Crippen LogP contribution in [0.2, 0.25) is 0 Å². The monoisotopic (exact) mass is 267 g/mol. The summed E-state index contributed by atoms with van der Waals surface area (Å²) in [6.45, 7) is 2.90. The molecule has 2 aromatic rings. The van der Waals surface area contributed by atoms with E-state index >= 15 is 0 Å². The highest BCUT2D eigenvalue weighted by Gasteiger charge is 2.17. The Kier molecular flexibility index (Phi) is 3.97. The van der Waals surface area contributed by atoms with Crippen LogP contribution in [0.3, 0.4) is 0 Å². The molecule has 0 amide bonds. The van der Waals surface area contributed by atoms with Gasteiger partial charge in [-0.1, -0.05) is 30.3 Å². The molecule has 0 bridgehead atoms. The maximum atomic E-state index is 4.62. The molecule has 1 N–H and O–H groups in total. The first kappa shape index (κ1) is 13.1. The van der Waals surface area contributed by atoms with Gasteiger partial charge < -0.3 is 10.2 Å². The molecule has 1 aromatic carbocycles. The summed E-state index contributed by atoms with van der Waals surface area (Å²) in [5.41, 5.74) is 4.20. The summed E-state index contributed by atoms with van der Waals surface area (Å²) in [5.74, 6) is 1.12. The lowest BCUT2D eigenvalue weighted by Gasteiger charge is -2.24. The van der Waals surface area contributed by atoms with Crippen LogP contribution in [-0.2, 0) is 19.5 Å². The van der Waals surface area contributed by atoms with E-state index in [9.17, 15) is 0 Å². The fourth-order valence-corrected chi connectivity index (χ4v) is 2.92. The molecule has 104 valence electrons. The first-order valence-corrected chi connectivity index (χ1v) is 7.28. The minimum atomic E-state index is 0.862. The van der Waals surface area contributed by atoms with E-state index in [1.54, 1.807) is 0 Å². The average Bonchev–Trinajstić information content (AvgIpc) is 2.70. The standard InChI is InChI=1S/C17H21N3/c1-18-12-15-8-4-10-19-17(15)20-11-5-9-14-6-2-3-7-16(14)13-20/h2-4,6-8,10,18H,5,9,11-13H2,1H3. The van der Waals surface area contributed by atoms with Crippen LogP contribution in [0.4, 0.5) is 5.82 Å². The Morgan fingerprint density at radius 2 is 2.00 bits per heavy atom. The third-order valence-corrected chi connectivity index (χ3v) is 3.89. The summed E-state index contributed by atoms with van der Waals surface area (Å²) in [4.78, 5) is 7.04. The maximum absolute atomic E-state index is 4.62. The second kappa shape index (κ2) is 6.06. The molecule has 0 unspecified atom stereocenters. The molecule has 1 aliphatic heterocycles. The summed E-state index contributed by atoms with van der Waals surface area (Å²) < 4.78 is 0. The first-order valence-electron chi connectivity index (χ1n) is 7.28. The minimum absolute atomic E-state index is 0.862. The predicted molar refractivity (Wildman–Crippen MR) is 82.8 cm³/mol. The largest absolute Gasteiger partial charge is 0.352 e. The van der Waals surface area contributed by atoms with Crippen molar-refractivity contribution in [2.75, 3.05) is 18.5 Å². The maximum Gasteiger partial charge on any atom is 0.133 e. The van der Waals surface area contributed by atoms with Gasteiger partial charge in [-0.05, 0) is 37.1 Å². The third-order valence-electron chi connectivity index (χ3n) is 3.89. The molecule has 2 heterocycles. The number of pyridine rings is 1. The van der Waals surface area contributed by atoms with Gasteiger partial charge in [-0.15, -0.1) is 0 Å². The Bertz CT molecular complexity index is 580. The van der Waals surface area contributed by atoms with Crippen LogP contribution in [0.15, 0.2) is 42.6 Å². The van der Waals surface area contributed by atoms with Gasteiger partial charge in [0.25, 0.3) is 0 Å². The van der Waals surface area contributed by atoms with E-state index < -0.39 is 0 Å². The van der Waals surface area contributed by atoms with Gasteiger partial charge in [-0.2, -0.15) is 0 Å². The number of nitrogens with one attached hydrogen (secondary N) is 1. The summed E-state index contributed by atoms with van der Waals surface area (Å²) in [6.07, 6.45) is 4.25. The Morgan fingerprint density at radius 1 is 1.15 bits per heavy atom. The van der Waals surface area contributed by atoms with Crippen LogP contribution < -0.4 is 10.2 Å². The average molecular weight is 267 g/mol. The predicted octanol–water partition coefficient (Wildman–Crippen LogP) is 2.75. The normalized spacial score (nSPS) is 14.8. The number of aromatic nitrogens is 1. The highest BCUT2D eigenvalue weighted by atomic mass is 15.2. The lowest BCUT2D eigenvalue weighted by Crippen LogP contribution is -2.25. The molecular weight excluding hydrogens is 246 g/mol. The smallest absolute Gasteiger partial charge is 0.133 e. The van der Waals surface area contributed by atoms with Gasteiger partial charge in [0.05, 0.1) is 0 Å². The Labute approximate surface area is 120 Å². The number of hydrogen-bond acceptors (Lipinski definition) is 3. The third kappa shape index (κ3) is 2.68. The number of fused-ring (bicyclic) bond motifs is 1. The number of nitrogens with zero attached hydrogens (tertiary/aromatic N) is 2. The van der Waals surface area contributed by atoms with Crippen LogP contribution in [0, 0.1) is 0 Å². The molecule has 1 aromatic heterocycles. The van der Waals surface area contributed by atoms with Crippen LogP contribution in [0.5, 0.6) is 0 Å². The molecule has 0 saturated carbocycles. The van der Waals surface area contributed by atoms with Crippen LogP contribution in [0.25, 0.3) is 0 Å². The number of aryl methyl sites for hydroxylation is 1.